The number of anilines is 1. The summed E-state index contributed by atoms with van der Waals surface area (Å²) < 4.78 is 0. The van der Waals surface area contributed by atoms with E-state index in [2.05, 4.69) is 10.3 Å². The van der Waals surface area contributed by atoms with Crippen LogP contribution in [0.4, 0.5) is 5.69 Å². The summed E-state index contributed by atoms with van der Waals surface area (Å²) in [5, 5.41) is 12.0. The third kappa shape index (κ3) is 3.10. The summed E-state index contributed by atoms with van der Waals surface area (Å²) >= 11 is 0. The molecule has 0 saturated heterocycles. The van der Waals surface area contributed by atoms with Crippen molar-refractivity contribution in [3.05, 3.63) is 24.0 Å². The number of nitrogens with zero attached hydrogens (tertiary/aromatic N) is 1. The number of hydrogen-bond donors (Lipinski definition) is 2. The van der Waals surface area contributed by atoms with Crippen LogP contribution in [-0.4, -0.2) is 22.0 Å². The van der Waals surface area contributed by atoms with E-state index >= 15 is 0 Å². The maximum atomic E-state index is 12.2. The van der Waals surface area contributed by atoms with Crippen molar-refractivity contribution in [1.82, 2.24) is 4.98 Å². The molecule has 1 aliphatic rings. The van der Waals surface area contributed by atoms with Crippen LogP contribution in [0.25, 0.3) is 0 Å². The second kappa shape index (κ2) is 5.82. The lowest BCUT2D eigenvalue weighted by Gasteiger charge is -2.27. The van der Waals surface area contributed by atoms with E-state index in [0.717, 1.165) is 18.4 Å². The zero-order valence-electron chi connectivity index (χ0n) is 10.9. The average molecular weight is 262 g/mol. The van der Waals surface area contributed by atoms with Crippen LogP contribution in [-0.2, 0) is 9.59 Å². The highest BCUT2D eigenvalue weighted by Crippen LogP contribution is 2.31. The minimum atomic E-state index is -0.869. The molecule has 1 aromatic rings. The van der Waals surface area contributed by atoms with Gasteiger partial charge in [0.2, 0.25) is 5.91 Å². The van der Waals surface area contributed by atoms with Crippen LogP contribution in [0.3, 0.4) is 0 Å². The minimum absolute atomic E-state index is 0.193. The number of carbonyl (C=O) groups is 2. The third-order valence-corrected chi connectivity index (χ3v) is 3.70. The van der Waals surface area contributed by atoms with Gasteiger partial charge in [-0.1, -0.05) is 12.8 Å². The van der Waals surface area contributed by atoms with Crippen molar-refractivity contribution in [3.63, 3.8) is 0 Å². The van der Waals surface area contributed by atoms with E-state index in [4.69, 9.17) is 0 Å². The maximum Gasteiger partial charge on any atom is 0.307 e. The summed E-state index contributed by atoms with van der Waals surface area (Å²) in [5.41, 5.74) is 1.58. The first-order chi connectivity index (χ1) is 9.09. The third-order valence-electron chi connectivity index (χ3n) is 3.70. The second-order valence-corrected chi connectivity index (χ2v) is 5.02. The van der Waals surface area contributed by atoms with Gasteiger partial charge in [-0.05, 0) is 31.4 Å². The number of aliphatic carboxylic acids is 1. The molecule has 1 aliphatic carbocycles. The first-order valence-electron chi connectivity index (χ1n) is 6.54. The standard InChI is InChI=1S/C14H18N2O3/c1-9-8-15-7-6-12(9)16-13(17)10-4-2-3-5-11(10)14(18)19/h6-8,10-11H,2-5H2,1H3,(H,18,19)(H,15,16,17)/t10-,11+/m1/s1. The molecule has 1 aromatic heterocycles. The summed E-state index contributed by atoms with van der Waals surface area (Å²) in [6.45, 7) is 1.86. The van der Waals surface area contributed by atoms with Gasteiger partial charge in [0, 0.05) is 18.1 Å². The van der Waals surface area contributed by atoms with E-state index in [0.29, 0.717) is 18.5 Å². The van der Waals surface area contributed by atoms with Crippen molar-refractivity contribution in [2.24, 2.45) is 11.8 Å². The Morgan fingerprint density at radius 3 is 2.63 bits per heavy atom. The molecule has 2 N–H and O–H groups in total. The zero-order valence-corrected chi connectivity index (χ0v) is 10.9. The number of carboxylic acid groups (broad SMARTS) is 1. The first-order valence-corrected chi connectivity index (χ1v) is 6.54. The highest BCUT2D eigenvalue weighted by Gasteiger charge is 2.35. The molecule has 0 aromatic carbocycles. The van der Waals surface area contributed by atoms with Gasteiger partial charge >= 0.3 is 5.97 Å². The Morgan fingerprint density at radius 2 is 2.00 bits per heavy atom. The van der Waals surface area contributed by atoms with E-state index in [9.17, 15) is 14.7 Å². The predicted octanol–water partition coefficient (Wildman–Crippen LogP) is 2.22. The quantitative estimate of drug-likeness (QED) is 0.875. The highest BCUT2D eigenvalue weighted by molar-refractivity contribution is 5.95. The van der Waals surface area contributed by atoms with E-state index in [1.807, 2.05) is 6.92 Å². The molecule has 0 spiro atoms. The Morgan fingerprint density at radius 1 is 1.32 bits per heavy atom. The van der Waals surface area contributed by atoms with Gasteiger partial charge in [0.15, 0.2) is 0 Å². The fourth-order valence-electron chi connectivity index (χ4n) is 2.58. The number of rotatable bonds is 3. The van der Waals surface area contributed by atoms with Gasteiger partial charge in [0.25, 0.3) is 0 Å². The molecule has 0 radical (unpaired) electrons. The van der Waals surface area contributed by atoms with Crippen LogP contribution >= 0.6 is 0 Å². The first kappa shape index (κ1) is 13.5. The van der Waals surface area contributed by atoms with Crippen LogP contribution in [0.2, 0.25) is 0 Å². The van der Waals surface area contributed by atoms with Gasteiger partial charge in [0.1, 0.15) is 0 Å². The monoisotopic (exact) mass is 262 g/mol. The van der Waals surface area contributed by atoms with Crippen molar-refractivity contribution < 1.29 is 14.7 Å². The predicted molar refractivity (Wildman–Crippen MR) is 70.7 cm³/mol. The van der Waals surface area contributed by atoms with E-state index < -0.39 is 17.8 Å². The molecule has 102 valence electrons. The lowest BCUT2D eigenvalue weighted by atomic mass is 9.78. The lowest BCUT2D eigenvalue weighted by molar-refractivity contribution is -0.147. The number of pyridine rings is 1. The molecule has 5 heteroatoms. The molecule has 5 nitrogen and oxygen atoms in total. The number of aryl methyl sites for hydroxylation is 1. The molecule has 1 fully saturated rings. The number of nitrogens with one attached hydrogen (secondary N) is 1. The van der Waals surface area contributed by atoms with Crippen molar-refractivity contribution in [1.29, 1.82) is 0 Å². The van der Waals surface area contributed by atoms with Crippen LogP contribution in [0.15, 0.2) is 18.5 Å². The van der Waals surface area contributed by atoms with Crippen LogP contribution in [0.5, 0.6) is 0 Å². The number of carbonyl (C=O) groups excluding carboxylic acids is 1. The normalized spacial score (nSPS) is 22.8. The van der Waals surface area contributed by atoms with E-state index in [1.54, 1.807) is 18.5 Å². The summed E-state index contributed by atoms with van der Waals surface area (Å²) in [4.78, 5) is 27.4. The van der Waals surface area contributed by atoms with Gasteiger partial charge in [-0.2, -0.15) is 0 Å². The Bertz CT molecular complexity index is 487. The average Bonchev–Trinajstić information content (AvgIpc) is 2.41. The SMILES string of the molecule is Cc1cnccc1NC(=O)[C@@H]1CCCC[C@@H]1C(=O)O. The molecule has 2 atom stereocenters. The largest absolute Gasteiger partial charge is 0.481 e. The van der Waals surface area contributed by atoms with Gasteiger partial charge < -0.3 is 10.4 Å². The zero-order chi connectivity index (χ0) is 13.8. The van der Waals surface area contributed by atoms with Crippen LogP contribution in [0, 0.1) is 18.8 Å². The highest BCUT2D eigenvalue weighted by atomic mass is 16.4. The molecule has 0 aliphatic heterocycles. The molecular weight excluding hydrogens is 244 g/mol. The van der Waals surface area contributed by atoms with Crippen molar-refractivity contribution in [2.45, 2.75) is 32.6 Å². The molecule has 1 amide bonds. The fourth-order valence-corrected chi connectivity index (χ4v) is 2.58. The molecule has 1 saturated carbocycles. The summed E-state index contributed by atoms with van der Waals surface area (Å²) in [5.74, 6) is -2.05. The lowest BCUT2D eigenvalue weighted by Crippen LogP contribution is -2.36. The van der Waals surface area contributed by atoms with Crippen molar-refractivity contribution >= 4 is 17.6 Å². The van der Waals surface area contributed by atoms with E-state index in [1.165, 1.54) is 0 Å². The maximum absolute atomic E-state index is 12.2. The Balaban J connectivity index is 2.10. The molecule has 0 bridgehead atoms. The number of hydrogen-bond acceptors (Lipinski definition) is 3. The van der Waals surface area contributed by atoms with Gasteiger partial charge in [-0.3, -0.25) is 14.6 Å². The molecule has 19 heavy (non-hydrogen) atoms. The Hall–Kier alpha value is -1.91. The fraction of sp³-hybridized carbons (Fsp3) is 0.500. The number of amides is 1. The van der Waals surface area contributed by atoms with E-state index in [-0.39, 0.29) is 5.91 Å². The molecular formula is C14H18N2O3. The van der Waals surface area contributed by atoms with Gasteiger partial charge in [-0.15, -0.1) is 0 Å². The van der Waals surface area contributed by atoms with Crippen molar-refractivity contribution in [2.75, 3.05) is 5.32 Å². The summed E-state index contributed by atoms with van der Waals surface area (Å²) in [6, 6.07) is 1.73. The summed E-state index contributed by atoms with van der Waals surface area (Å²) in [6.07, 6.45) is 6.31. The number of aromatic nitrogens is 1. The minimum Gasteiger partial charge on any atom is -0.481 e. The Labute approximate surface area is 112 Å². The number of carboxylic acids is 1. The molecule has 1 heterocycles. The van der Waals surface area contributed by atoms with Crippen LogP contribution < -0.4 is 5.32 Å². The second-order valence-electron chi connectivity index (χ2n) is 5.02. The molecule has 2 rings (SSSR count). The van der Waals surface area contributed by atoms with Crippen molar-refractivity contribution in [3.8, 4) is 0 Å². The summed E-state index contributed by atoms with van der Waals surface area (Å²) in [7, 11) is 0. The molecule has 0 unspecified atom stereocenters. The van der Waals surface area contributed by atoms with Gasteiger partial charge in [-0.25, -0.2) is 0 Å². The smallest absolute Gasteiger partial charge is 0.307 e. The topological polar surface area (TPSA) is 79.3 Å². The van der Waals surface area contributed by atoms with Gasteiger partial charge in [0.05, 0.1) is 11.8 Å². The van der Waals surface area contributed by atoms with Crippen LogP contribution in [0.1, 0.15) is 31.2 Å². The Kier molecular flexibility index (Phi) is 4.14.